The van der Waals surface area contributed by atoms with Crippen molar-refractivity contribution < 1.29 is 19.4 Å². The summed E-state index contributed by atoms with van der Waals surface area (Å²) in [5.74, 6) is 0.469. The summed E-state index contributed by atoms with van der Waals surface area (Å²) in [5.41, 5.74) is 0.970. The fraction of sp³-hybridized carbons (Fsp3) is 0.619. The number of ether oxygens (including phenoxy) is 1. The molecular weight excluding hydrogens is 358 g/mol. The highest BCUT2D eigenvalue weighted by Crippen LogP contribution is 2.18. The maximum absolute atomic E-state index is 12.6. The Kier molecular flexibility index (Phi) is 7.28. The van der Waals surface area contributed by atoms with Gasteiger partial charge in [0.15, 0.2) is 0 Å². The van der Waals surface area contributed by atoms with E-state index in [1.807, 2.05) is 42.2 Å². The lowest BCUT2D eigenvalue weighted by molar-refractivity contribution is -0.135. The molecule has 0 aromatic heterocycles. The van der Waals surface area contributed by atoms with E-state index in [1.54, 1.807) is 4.90 Å². The van der Waals surface area contributed by atoms with Crippen molar-refractivity contribution in [3.05, 3.63) is 35.9 Å². The van der Waals surface area contributed by atoms with Gasteiger partial charge in [0.2, 0.25) is 5.91 Å². The molecule has 1 atom stereocenters. The van der Waals surface area contributed by atoms with Gasteiger partial charge in [-0.1, -0.05) is 30.3 Å². The Morgan fingerprint density at radius 2 is 1.79 bits per heavy atom. The van der Waals surface area contributed by atoms with Gasteiger partial charge in [0.25, 0.3) is 0 Å². The molecule has 154 valence electrons. The van der Waals surface area contributed by atoms with Gasteiger partial charge >= 0.3 is 6.09 Å². The second kappa shape index (κ2) is 9.89. The van der Waals surface area contributed by atoms with Gasteiger partial charge in [0.1, 0.15) is 6.61 Å². The molecule has 28 heavy (non-hydrogen) atoms. The molecular formula is C21H31N3O4. The Morgan fingerprint density at radius 1 is 1.07 bits per heavy atom. The summed E-state index contributed by atoms with van der Waals surface area (Å²) in [7, 11) is 0. The number of piperidine rings is 1. The van der Waals surface area contributed by atoms with Crippen molar-refractivity contribution in [1.29, 1.82) is 0 Å². The van der Waals surface area contributed by atoms with Crippen LogP contribution in [0.15, 0.2) is 30.3 Å². The zero-order valence-electron chi connectivity index (χ0n) is 16.6. The maximum atomic E-state index is 12.6. The van der Waals surface area contributed by atoms with Crippen LogP contribution in [0.4, 0.5) is 4.79 Å². The number of carbonyl (C=O) groups is 2. The first-order chi connectivity index (χ1) is 13.6. The van der Waals surface area contributed by atoms with Crippen LogP contribution in [0, 0.1) is 5.92 Å². The van der Waals surface area contributed by atoms with E-state index in [1.165, 1.54) is 0 Å². The van der Waals surface area contributed by atoms with Gasteiger partial charge in [-0.15, -0.1) is 0 Å². The van der Waals surface area contributed by atoms with Gasteiger partial charge < -0.3 is 19.6 Å². The van der Waals surface area contributed by atoms with Crippen molar-refractivity contribution >= 4 is 12.0 Å². The predicted molar refractivity (Wildman–Crippen MR) is 106 cm³/mol. The third-order valence-corrected chi connectivity index (χ3v) is 5.79. The molecule has 0 spiro atoms. The Bertz CT molecular complexity index is 646. The molecule has 0 bridgehead atoms. The average Bonchev–Trinajstić information content (AvgIpc) is 2.74. The number of aliphatic hydroxyl groups is 1. The lowest BCUT2D eigenvalue weighted by atomic mass is 9.98. The minimum absolute atomic E-state index is 0.108. The Labute approximate surface area is 166 Å². The van der Waals surface area contributed by atoms with Crippen LogP contribution in [-0.4, -0.2) is 83.7 Å². The summed E-state index contributed by atoms with van der Waals surface area (Å²) in [4.78, 5) is 30.7. The first-order valence-electron chi connectivity index (χ1n) is 10.1. The van der Waals surface area contributed by atoms with E-state index in [0.29, 0.717) is 32.1 Å². The van der Waals surface area contributed by atoms with Crippen LogP contribution >= 0.6 is 0 Å². The van der Waals surface area contributed by atoms with Crippen LogP contribution < -0.4 is 0 Å². The number of likely N-dealkylation sites (tertiary alicyclic amines) is 1. The zero-order chi connectivity index (χ0) is 19.9. The third kappa shape index (κ3) is 5.45. The molecule has 2 saturated heterocycles. The zero-order valence-corrected chi connectivity index (χ0v) is 16.6. The molecule has 0 unspecified atom stereocenters. The van der Waals surface area contributed by atoms with Gasteiger partial charge in [-0.3, -0.25) is 9.69 Å². The van der Waals surface area contributed by atoms with E-state index < -0.39 is 0 Å². The molecule has 2 aliphatic heterocycles. The number of nitrogens with zero attached hydrogens (tertiary/aromatic N) is 3. The van der Waals surface area contributed by atoms with Gasteiger partial charge in [0.05, 0.1) is 6.54 Å². The molecule has 1 aromatic carbocycles. The monoisotopic (exact) mass is 389 g/mol. The molecule has 2 heterocycles. The van der Waals surface area contributed by atoms with Crippen LogP contribution in [-0.2, 0) is 16.1 Å². The standard InChI is InChI=1S/C21H31N3O4/c1-17-13-24(21(27)28-16-19-5-3-2-4-6-19)12-11-23(17)14-20(26)22-9-7-18(15-25)8-10-22/h2-6,17-18,25H,7-16H2,1H3/t17-/m0/s1. The quantitative estimate of drug-likeness (QED) is 0.827. The molecule has 2 fully saturated rings. The molecule has 2 aliphatic rings. The SMILES string of the molecule is C[C@H]1CN(C(=O)OCc2ccccc2)CCN1CC(=O)N1CCC(CO)CC1. The molecule has 0 radical (unpaired) electrons. The average molecular weight is 389 g/mol. The fourth-order valence-electron chi connectivity index (χ4n) is 3.85. The molecule has 2 amide bonds. The molecule has 1 N–H and O–H groups in total. The number of rotatable bonds is 5. The molecule has 7 heteroatoms. The van der Waals surface area contributed by atoms with Crippen LogP contribution in [0.25, 0.3) is 0 Å². The number of hydrogen-bond acceptors (Lipinski definition) is 5. The highest BCUT2D eigenvalue weighted by Gasteiger charge is 2.30. The topological polar surface area (TPSA) is 73.3 Å². The van der Waals surface area contributed by atoms with E-state index >= 15 is 0 Å². The molecule has 0 saturated carbocycles. The smallest absolute Gasteiger partial charge is 0.410 e. The highest BCUT2D eigenvalue weighted by molar-refractivity contribution is 5.78. The minimum Gasteiger partial charge on any atom is -0.445 e. The molecule has 7 nitrogen and oxygen atoms in total. The molecule has 1 aromatic rings. The maximum Gasteiger partial charge on any atom is 0.410 e. The van der Waals surface area contributed by atoms with Crippen LogP contribution in [0.3, 0.4) is 0 Å². The summed E-state index contributed by atoms with van der Waals surface area (Å²) in [6, 6.07) is 9.76. The van der Waals surface area contributed by atoms with Gasteiger partial charge in [-0.2, -0.15) is 0 Å². The summed E-state index contributed by atoms with van der Waals surface area (Å²) >= 11 is 0. The predicted octanol–water partition coefficient (Wildman–Crippen LogP) is 1.56. The van der Waals surface area contributed by atoms with E-state index in [0.717, 1.165) is 31.5 Å². The second-order valence-electron chi connectivity index (χ2n) is 7.81. The minimum atomic E-state index is -0.298. The number of hydrogen-bond donors (Lipinski definition) is 1. The Balaban J connectivity index is 1.42. The lowest BCUT2D eigenvalue weighted by Crippen LogP contribution is -2.56. The van der Waals surface area contributed by atoms with Crippen LogP contribution in [0.1, 0.15) is 25.3 Å². The van der Waals surface area contributed by atoms with Crippen molar-refractivity contribution in [2.24, 2.45) is 5.92 Å². The summed E-state index contributed by atoms with van der Waals surface area (Å²) in [5, 5.41) is 9.23. The third-order valence-electron chi connectivity index (χ3n) is 5.79. The fourth-order valence-corrected chi connectivity index (χ4v) is 3.85. The van der Waals surface area contributed by atoms with Crippen molar-refractivity contribution in [3.8, 4) is 0 Å². The first kappa shape index (κ1) is 20.6. The lowest BCUT2D eigenvalue weighted by Gasteiger charge is -2.40. The summed E-state index contributed by atoms with van der Waals surface area (Å²) in [6.07, 6.45) is 1.45. The number of amides is 2. The summed E-state index contributed by atoms with van der Waals surface area (Å²) in [6.45, 7) is 6.16. The molecule has 3 rings (SSSR count). The number of carbonyl (C=O) groups excluding carboxylic acids is 2. The second-order valence-corrected chi connectivity index (χ2v) is 7.81. The summed E-state index contributed by atoms with van der Waals surface area (Å²) < 4.78 is 5.42. The van der Waals surface area contributed by atoms with E-state index in [9.17, 15) is 14.7 Å². The Morgan fingerprint density at radius 3 is 2.43 bits per heavy atom. The largest absolute Gasteiger partial charge is 0.445 e. The number of benzene rings is 1. The first-order valence-corrected chi connectivity index (χ1v) is 10.1. The van der Waals surface area contributed by atoms with Crippen molar-refractivity contribution in [3.63, 3.8) is 0 Å². The Hall–Kier alpha value is -2.12. The van der Waals surface area contributed by atoms with Crippen molar-refractivity contribution in [1.82, 2.24) is 14.7 Å². The highest BCUT2D eigenvalue weighted by atomic mass is 16.6. The van der Waals surface area contributed by atoms with Gasteiger partial charge in [-0.05, 0) is 31.2 Å². The van der Waals surface area contributed by atoms with Gasteiger partial charge in [0, 0.05) is 45.4 Å². The van der Waals surface area contributed by atoms with Gasteiger partial charge in [-0.25, -0.2) is 4.79 Å². The van der Waals surface area contributed by atoms with Crippen LogP contribution in [0.5, 0.6) is 0 Å². The van der Waals surface area contributed by atoms with E-state index in [-0.39, 0.29) is 31.3 Å². The van der Waals surface area contributed by atoms with E-state index in [2.05, 4.69) is 4.90 Å². The van der Waals surface area contributed by atoms with Crippen LogP contribution in [0.2, 0.25) is 0 Å². The number of piperazine rings is 1. The van der Waals surface area contributed by atoms with E-state index in [4.69, 9.17) is 4.74 Å². The normalized spacial score (nSPS) is 21.6. The van der Waals surface area contributed by atoms with Crippen molar-refractivity contribution in [2.75, 3.05) is 45.9 Å². The van der Waals surface area contributed by atoms with Crippen molar-refractivity contribution in [2.45, 2.75) is 32.4 Å². The molecule has 0 aliphatic carbocycles. The number of aliphatic hydroxyl groups excluding tert-OH is 1.